The van der Waals surface area contributed by atoms with E-state index in [0.29, 0.717) is 17.6 Å². The Morgan fingerprint density at radius 1 is 1.27 bits per heavy atom. The maximum absolute atomic E-state index is 13.0. The Morgan fingerprint density at radius 2 is 2.07 bits per heavy atom. The number of hydrogen-bond acceptors (Lipinski definition) is 2. The standard InChI is InChI=1S/C12H9FO2/c1-8-2-5-12(15-8)9-3-4-11(13)10(6-9)7-14/h2-7H,1H3. The summed E-state index contributed by atoms with van der Waals surface area (Å²) in [5, 5.41) is 0. The highest BCUT2D eigenvalue weighted by molar-refractivity contribution is 5.78. The average molecular weight is 204 g/mol. The van der Waals surface area contributed by atoms with Gasteiger partial charge in [-0.1, -0.05) is 0 Å². The number of rotatable bonds is 2. The second kappa shape index (κ2) is 3.69. The van der Waals surface area contributed by atoms with Crippen LogP contribution < -0.4 is 0 Å². The Hall–Kier alpha value is -1.90. The number of carbonyl (C=O) groups excluding carboxylic acids is 1. The molecule has 1 heterocycles. The van der Waals surface area contributed by atoms with Gasteiger partial charge in [-0.05, 0) is 37.3 Å². The molecule has 0 unspecified atom stereocenters. The molecule has 76 valence electrons. The number of furan rings is 1. The third kappa shape index (κ3) is 1.81. The summed E-state index contributed by atoms with van der Waals surface area (Å²) in [5.74, 6) is 0.898. The normalized spacial score (nSPS) is 10.3. The van der Waals surface area contributed by atoms with Crippen LogP contribution in [0.2, 0.25) is 0 Å². The molecule has 0 atom stereocenters. The molecule has 15 heavy (non-hydrogen) atoms. The minimum absolute atomic E-state index is 0.0431. The quantitative estimate of drug-likeness (QED) is 0.703. The number of aldehydes is 1. The van der Waals surface area contributed by atoms with Crippen LogP contribution >= 0.6 is 0 Å². The van der Waals surface area contributed by atoms with E-state index in [-0.39, 0.29) is 5.56 Å². The minimum Gasteiger partial charge on any atom is -0.461 e. The molecule has 2 aromatic rings. The van der Waals surface area contributed by atoms with Gasteiger partial charge in [-0.15, -0.1) is 0 Å². The summed E-state index contributed by atoms with van der Waals surface area (Å²) in [6, 6.07) is 7.93. The molecule has 0 saturated carbocycles. The first-order chi connectivity index (χ1) is 7.20. The van der Waals surface area contributed by atoms with Gasteiger partial charge in [0.05, 0.1) is 5.56 Å². The predicted molar refractivity (Wildman–Crippen MR) is 54.2 cm³/mol. The number of hydrogen-bond donors (Lipinski definition) is 0. The van der Waals surface area contributed by atoms with Crippen molar-refractivity contribution in [2.24, 2.45) is 0 Å². The molecule has 1 aromatic carbocycles. The fraction of sp³-hybridized carbons (Fsp3) is 0.0833. The number of carbonyl (C=O) groups is 1. The van der Waals surface area contributed by atoms with E-state index in [9.17, 15) is 9.18 Å². The second-order valence-electron chi connectivity index (χ2n) is 3.26. The van der Waals surface area contributed by atoms with Crippen molar-refractivity contribution in [1.29, 1.82) is 0 Å². The highest BCUT2D eigenvalue weighted by atomic mass is 19.1. The molecule has 0 fully saturated rings. The van der Waals surface area contributed by atoms with Gasteiger partial charge >= 0.3 is 0 Å². The highest BCUT2D eigenvalue weighted by Gasteiger charge is 2.06. The summed E-state index contributed by atoms with van der Waals surface area (Å²) in [5.41, 5.74) is 0.744. The van der Waals surface area contributed by atoms with E-state index in [1.165, 1.54) is 12.1 Å². The van der Waals surface area contributed by atoms with Crippen LogP contribution in [0.1, 0.15) is 16.1 Å². The largest absolute Gasteiger partial charge is 0.461 e. The Balaban J connectivity index is 2.50. The van der Waals surface area contributed by atoms with Crippen molar-refractivity contribution in [1.82, 2.24) is 0 Å². The first kappa shape index (κ1) is 9.65. The highest BCUT2D eigenvalue weighted by Crippen LogP contribution is 2.23. The van der Waals surface area contributed by atoms with Crippen molar-refractivity contribution < 1.29 is 13.6 Å². The molecule has 3 heteroatoms. The molecule has 2 nitrogen and oxygen atoms in total. The zero-order chi connectivity index (χ0) is 10.8. The zero-order valence-electron chi connectivity index (χ0n) is 8.16. The van der Waals surface area contributed by atoms with Crippen LogP contribution in [0.15, 0.2) is 34.7 Å². The van der Waals surface area contributed by atoms with Gasteiger partial charge in [0.1, 0.15) is 17.3 Å². The van der Waals surface area contributed by atoms with Crippen LogP contribution in [0, 0.1) is 12.7 Å². The maximum Gasteiger partial charge on any atom is 0.153 e. The lowest BCUT2D eigenvalue weighted by Crippen LogP contribution is -1.87. The number of halogens is 1. The first-order valence-corrected chi connectivity index (χ1v) is 4.52. The zero-order valence-corrected chi connectivity index (χ0v) is 8.16. The lowest BCUT2D eigenvalue weighted by atomic mass is 10.1. The molecule has 0 radical (unpaired) electrons. The molecular weight excluding hydrogens is 195 g/mol. The molecule has 0 aliphatic carbocycles. The van der Waals surface area contributed by atoms with Crippen LogP contribution in [0.4, 0.5) is 4.39 Å². The summed E-state index contributed by atoms with van der Waals surface area (Å²) < 4.78 is 18.4. The van der Waals surface area contributed by atoms with Gasteiger partial charge in [0.25, 0.3) is 0 Å². The van der Waals surface area contributed by atoms with E-state index in [2.05, 4.69) is 0 Å². The molecule has 0 spiro atoms. The lowest BCUT2D eigenvalue weighted by molar-refractivity contribution is 0.112. The molecule has 0 saturated heterocycles. The molecule has 2 rings (SSSR count). The smallest absolute Gasteiger partial charge is 0.153 e. The van der Waals surface area contributed by atoms with Gasteiger partial charge in [-0.2, -0.15) is 0 Å². The summed E-state index contributed by atoms with van der Waals surface area (Å²) in [4.78, 5) is 10.5. The van der Waals surface area contributed by atoms with Crippen molar-refractivity contribution in [2.45, 2.75) is 6.92 Å². The van der Waals surface area contributed by atoms with Crippen molar-refractivity contribution >= 4 is 6.29 Å². The number of aryl methyl sites for hydroxylation is 1. The van der Waals surface area contributed by atoms with Crippen molar-refractivity contribution in [3.05, 3.63) is 47.5 Å². The predicted octanol–water partition coefficient (Wildman–Crippen LogP) is 3.21. The second-order valence-corrected chi connectivity index (χ2v) is 3.26. The van der Waals surface area contributed by atoms with E-state index < -0.39 is 5.82 Å². The SMILES string of the molecule is Cc1ccc(-c2ccc(F)c(C=O)c2)o1. The van der Waals surface area contributed by atoms with E-state index in [4.69, 9.17) is 4.42 Å². The Morgan fingerprint density at radius 3 is 2.67 bits per heavy atom. The number of benzene rings is 1. The van der Waals surface area contributed by atoms with Crippen molar-refractivity contribution in [3.63, 3.8) is 0 Å². The van der Waals surface area contributed by atoms with E-state index >= 15 is 0 Å². The Bertz CT molecular complexity index is 500. The van der Waals surface area contributed by atoms with E-state index in [0.717, 1.165) is 5.76 Å². The van der Waals surface area contributed by atoms with Gasteiger partial charge in [0.15, 0.2) is 6.29 Å². The fourth-order valence-corrected chi connectivity index (χ4v) is 1.38. The van der Waals surface area contributed by atoms with Crippen LogP contribution in [0.3, 0.4) is 0 Å². The van der Waals surface area contributed by atoms with E-state index in [1.807, 2.05) is 13.0 Å². The topological polar surface area (TPSA) is 30.2 Å². The van der Waals surface area contributed by atoms with Gasteiger partial charge in [0.2, 0.25) is 0 Å². The van der Waals surface area contributed by atoms with Crippen molar-refractivity contribution in [2.75, 3.05) is 0 Å². The molecular formula is C12H9FO2. The third-order valence-corrected chi connectivity index (χ3v) is 2.15. The van der Waals surface area contributed by atoms with Gasteiger partial charge in [-0.3, -0.25) is 4.79 Å². The van der Waals surface area contributed by atoms with Gasteiger partial charge in [-0.25, -0.2) is 4.39 Å². The summed E-state index contributed by atoms with van der Waals surface area (Å²) in [6.07, 6.45) is 0.495. The van der Waals surface area contributed by atoms with Gasteiger partial charge < -0.3 is 4.42 Å². The Labute approximate surface area is 86.3 Å². The molecule has 0 bridgehead atoms. The Kier molecular flexibility index (Phi) is 2.37. The molecule has 0 aliphatic rings. The first-order valence-electron chi connectivity index (χ1n) is 4.52. The summed E-state index contributed by atoms with van der Waals surface area (Å²) >= 11 is 0. The average Bonchev–Trinajstić information content (AvgIpc) is 2.66. The van der Waals surface area contributed by atoms with Crippen molar-refractivity contribution in [3.8, 4) is 11.3 Å². The molecule has 0 aliphatic heterocycles. The van der Waals surface area contributed by atoms with Crippen LogP contribution in [-0.4, -0.2) is 6.29 Å². The van der Waals surface area contributed by atoms with Crippen LogP contribution in [0.5, 0.6) is 0 Å². The molecule has 1 aromatic heterocycles. The molecule has 0 amide bonds. The summed E-state index contributed by atoms with van der Waals surface area (Å²) in [6.45, 7) is 1.83. The van der Waals surface area contributed by atoms with Crippen LogP contribution in [0.25, 0.3) is 11.3 Å². The molecule has 0 N–H and O–H groups in total. The monoisotopic (exact) mass is 204 g/mol. The maximum atomic E-state index is 13.0. The minimum atomic E-state index is -0.517. The third-order valence-electron chi connectivity index (χ3n) is 2.15. The van der Waals surface area contributed by atoms with Crippen LogP contribution in [-0.2, 0) is 0 Å². The fourth-order valence-electron chi connectivity index (χ4n) is 1.38. The lowest BCUT2D eigenvalue weighted by Gasteiger charge is -1.99. The van der Waals surface area contributed by atoms with Gasteiger partial charge in [0, 0.05) is 5.56 Å². The summed E-state index contributed by atoms with van der Waals surface area (Å²) in [7, 11) is 0. The van der Waals surface area contributed by atoms with E-state index in [1.54, 1.807) is 12.1 Å².